The van der Waals surface area contributed by atoms with E-state index < -0.39 is 5.97 Å². The Labute approximate surface area is 166 Å². The number of aliphatic carboxylic acids is 1. The maximum Gasteiger partial charge on any atom is 0.303 e. The number of hydrogen-bond donors (Lipinski definition) is 2. The first kappa shape index (κ1) is 19.3. The number of ketones is 1. The van der Waals surface area contributed by atoms with Gasteiger partial charge in [0.2, 0.25) is 0 Å². The van der Waals surface area contributed by atoms with Crippen molar-refractivity contribution in [2.75, 3.05) is 7.11 Å². The van der Waals surface area contributed by atoms with Crippen LogP contribution in [-0.4, -0.2) is 29.1 Å². The van der Waals surface area contributed by atoms with Gasteiger partial charge in [0.15, 0.2) is 11.5 Å². The molecule has 0 bridgehead atoms. The number of carboxylic acid groups (broad SMARTS) is 1. The lowest BCUT2D eigenvalue weighted by molar-refractivity contribution is -0.137. The molecular weight excluding hydrogens is 356 g/mol. The minimum Gasteiger partial charge on any atom is -0.504 e. The van der Waals surface area contributed by atoms with Gasteiger partial charge in [-0.2, -0.15) is 0 Å². The van der Waals surface area contributed by atoms with Gasteiger partial charge in [0.25, 0.3) is 0 Å². The number of carbonyl (C=O) groups is 2. The number of hydrogen-bond acceptors (Lipinski definition) is 4. The minimum absolute atomic E-state index is 0.182. The standard InChI is InChI=1S/C23H30O5/c1-23-9-8-15-16(7-6-13-10-18(24)19(28-2)12-17(13)15)22(23)14(11-20(23)25)4-3-5-21(26)27/h10,12,14-16,22,24H,3-9,11H2,1-2H3,(H,26,27)/t14?,15-,16+,22-,23+/m0/s1. The highest BCUT2D eigenvalue weighted by Gasteiger charge is 2.58. The van der Waals surface area contributed by atoms with Gasteiger partial charge in [0.05, 0.1) is 7.11 Å². The van der Waals surface area contributed by atoms with E-state index in [0.717, 1.165) is 32.1 Å². The highest BCUT2D eigenvalue weighted by molar-refractivity contribution is 5.87. The van der Waals surface area contributed by atoms with Crippen molar-refractivity contribution < 1.29 is 24.5 Å². The van der Waals surface area contributed by atoms with Gasteiger partial charge in [-0.1, -0.05) is 6.92 Å². The number of methoxy groups -OCH3 is 1. The van der Waals surface area contributed by atoms with Crippen molar-refractivity contribution in [2.24, 2.45) is 23.2 Å². The van der Waals surface area contributed by atoms with Crippen LogP contribution in [0.4, 0.5) is 0 Å². The van der Waals surface area contributed by atoms with Gasteiger partial charge < -0.3 is 14.9 Å². The second-order valence-electron chi connectivity index (χ2n) is 9.19. The minimum atomic E-state index is -0.757. The van der Waals surface area contributed by atoms with Crippen LogP contribution in [0.15, 0.2) is 12.1 Å². The SMILES string of the molecule is COc1cc2c(cc1O)CC[C@@H]1[C@@H]2CC[C@]2(C)C(=O)CC(CCCC(=O)O)[C@@H]12. The number of Topliss-reactive ketones (excluding diaryl/α,β-unsaturated/α-hetero) is 1. The van der Waals surface area contributed by atoms with E-state index in [9.17, 15) is 14.7 Å². The van der Waals surface area contributed by atoms with Gasteiger partial charge in [-0.15, -0.1) is 0 Å². The Morgan fingerprint density at radius 3 is 2.82 bits per heavy atom. The molecule has 2 saturated carbocycles. The van der Waals surface area contributed by atoms with E-state index in [4.69, 9.17) is 9.84 Å². The van der Waals surface area contributed by atoms with Gasteiger partial charge in [-0.3, -0.25) is 9.59 Å². The Balaban J connectivity index is 1.64. The molecule has 152 valence electrons. The fraction of sp³-hybridized carbons (Fsp3) is 0.652. The van der Waals surface area contributed by atoms with E-state index in [0.29, 0.717) is 48.0 Å². The summed E-state index contributed by atoms with van der Waals surface area (Å²) in [5.74, 6) is 1.81. The van der Waals surface area contributed by atoms with Crippen molar-refractivity contribution in [1.82, 2.24) is 0 Å². The zero-order valence-electron chi connectivity index (χ0n) is 16.7. The molecule has 2 N–H and O–H groups in total. The average molecular weight is 386 g/mol. The first-order chi connectivity index (χ1) is 13.3. The summed E-state index contributed by atoms with van der Waals surface area (Å²) in [7, 11) is 1.58. The van der Waals surface area contributed by atoms with E-state index in [1.165, 1.54) is 11.1 Å². The summed E-state index contributed by atoms with van der Waals surface area (Å²) in [5.41, 5.74) is 2.22. The van der Waals surface area contributed by atoms with Crippen molar-refractivity contribution in [3.8, 4) is 11.5 Å². The van der Waals surface area contributed by atoms with Crippen LogP contribution >= 0.6 is 0 Å². The molecular formula is C23H30O5. The summed E-state index contributed by atoms with van der Waals surface area (Å²) >= 11 is 0. The smallest absolute Gasteiger partial charge is 0.303 e. The Hall–Kier alpha value is -2.04. The lowest BCUT2D eigenvalue weighted by atomic mass is 9.54. The summed E-state index contributed by atoms with van der Waals surface area (Å²) in [5, 5.41) is 19.1. The van der Waals surface area contributed by atoms with Gasteiger partial charge in [-0.25, -0.2) is 0 Å². The van der Waals surface area contributed by atoms with Gasteiger partial charge in [-0.05, 0) is 85.5 Å². The first-order valence-electron chi connectivity index (χ1n) is 10.5. The molecule has 0 aliphatic heterocycles. The summed E-state index contributed by atoms with van der Waals surface area (Å²) in [6.45, 7) is 2.15. The van der Waals surface area contributed by atoms with E-state index in [1.807, 2.05) is 12.1 Å². The summed E-state index contributed by atoms with van der Waals surface area (Å²) < 4.78 is 5.35. The van der Waals surface area contributed by atoms with Crippen LogP contribution in [0, 0.1) is 23.2 Å². The van der Waals surface area contributed by atoms with Gasteiger partial charge >= 0.3 is 5.97 Å². The molecule has 0 aromatic heterocycles. The lowest BCUT2D eigenvalue weighted by Gasteiger charge is -2.50. The summed E-state index contributed by atoms with van der Waals surface area (Å²) in [6, 6.07) is 3.85. The van der Waals surface area contributed by atoms with Crippen LogP contribution in [0.5, 0.6) is 11.5 Å². The normalized spacial score (nSPS) is 33.7. The van der Waals surface area contributed by atoms with E-state index in [2.05, 4.69) is 6.92 Å². The van der Waals surface area contributed by atoms with E-state index >= 15 is 0 Å². The number of carboxylic acids is 1. The molecule has 0 saturated heterocycles. The molecule has 1 unspecified atom stereocenters. The molecule has 3 aliphatic rings. The Bertz CT molecular complexity index is 800. The van der Waals surface area contributed by atoms with Gasteiger partial charge in [0.1, 0.15) is 5.78 Å². The lowest BCUT2D eigenvalue weighted by Crippen LogP contribution is -2.44. The highest BCUT2D eigenvalue weighted by Crippen LogP contribution is 2.62. The number of aromatic hydroxyl groups is 1. The van der Waals surface area contributed by atoms with Crippen molar-refractivity contribution in [3.63, 3.8) is 0 Å². The fourth-order valence-corrected chi connectivity index (χ4v) is 6.59. The quantitative estimate of drug-likeness (QED) is 0.788. The van der Waals surface area contributed by atoms with E-state index in [-0.39, 0.29) is 17.6 Å². The summed E-state index contributed by atoms with van der Waals surface area (Å²) in [6.07, 6.45) is 6.10. The number of fused-ring (bicyclic) bond motifs is 5. The molecule has 5 atom stereocenters. The average Bonchev–Trinajstić information content (AvgIpc) is 2.91. The van der Waals surface area contributed by atoms with E-state index in [1.54, 1.807) is 7.11 Å². The van der Waals surface area contributed by atoms with Crippen molar-refractivity contribution in [1.29, 1.82) is 0 Å². The molecule has 0 amide bonds. The first-order valence-corrected chi connectivity index (χ1v) is 10.5. The van der Waals surface area contributed by atoms with Crippen LogP contribution in [0.2, 0.25) is 0 Å². The number of benzene rings is 1. The fourth-order valence-electron chi connectivity index (χ4n) is 6.59. The Morgan fingerprint density at radius 2 is 2.11 bits per heavy atom. The molecule has 1 aromatic carbocycles. The maximum atomic E-state index is 12.9. The molecule has 2 fully saturated rings. The van der Waals surface area contributed by atoms with Crippen LogP contribution < -0.4 is 4.74 Å². The number of phenolic OH excluding ortho intramolecular Hbond substituents is 1. The predicted octanol–water partition coefficient (Wildman–Crippen LogP) is 4.31. The highest BCUT2D eigenvalue weighted by atomic mass is 16.5. The van der Waals surface area contributed by atoms with Crippen molar-refractivity contribution in [2.45, 2.75) is 64.2 Å². The Kier molecular flexibility index (Phi) is 4.88. The number of ether oxygens (including phenoxy) is 1. The molecule has 0 radical (unpaired) electrons. The Morgan fingerprint density at radius 1 is 1.32 bits per heavy atom. The monoisotopic (exact) mass is 386 g/mol. The molecule has 0 heterocycles. The summed E-state index contributed by atoms with van der Waals surface area (Å²) in [4.78, 5) is 23.9. The predicted molar refractivity (Wildman–Crippen MR) is 105 cm³/mol. The molecule has 28 heavy (non-hydrogen) atoms. The second-order valence-corrected chi connectivity index (χ2v) is 9.19. The third-order valence-corrected chi connectivity index (χ3v) is 7.83. The molecule has 1 aromatic rings. The topological polar surface area (TPSA) is 83.8 Å². The molecule has 0 spiro atoms. The molecule has 5 nitrogen and oxygen atoms in total. The van der Waals surface area contributed by atoms with Crippen molar-refractivity contribution in [3.05, 3.63) is 23.3 Å². The van der Waals surface area contributed by atoms with Crippen LogP contribution in [0.3, 0.4) is 0 Å². The number of aryl methyl sites for hydroxylation is 1. The number of carbonyl (C=O) groups excluding carboxylic acids is 1. The zero-order chi connectivity index (χ0) is 20.1. The molecule has 5 heteroatoms. The third-order valence-electron chi connectivity index (χ3n) is 7.83. The molecule has 3 aliphatic carbocycles. The zero-order valence-corrected chi connectivity index (χ0v) is 16.7. The van der Waals surface area contributed by atoms with Gasteiger partial charge in [0, 0.05) is 18.3 Å². The van der Waals surface area contributed by atoms with Crippen LogP contribution in [0.25, 0.3) is 0 Å². The maximum absolute atomic E-state index is 12.9. The third kappa shape index (κ3) is 2.99. The van der Waals surface area contributed by atoms with Crippen molar-refractivity contribution >= 4 is 11.8 Å². The molecule has 4 rings (SSSR count). The number of rotatable bonds is 5. The van der Waals surface area contributed by atoms with Crippen LogP contribution in [-0.2, 0) is 16.0 Å². The number of phenols is 1. The second kappa shape index (κ2) is 7.09. The largest absolute Gasteiger partial charge is 0.504 e. The van der Waals surface area contributed by atoms with Crippen LogP contribution in [0.1, 0.15) is 68.9 Å².